The number of benzene rings is 1. The highest BCUT2D eigenvalue weighted by Crippen LogP contribution is 2.39. The second-order valence-corrected chi connectivity index (χ2v) is 9.27. The van der Waals surface area contributed by atoms with E-state index < -0.39 is 49.4 Å². The van der Waals surface area contributed by atoms with Crippen molar-refractivity contribution in [2.45, 2.75) is 41.8 Å². The van der Waals surface area contributed by atoms with Crippen molar-refractivity contribution in [3.05, 3.63) is 59.4 Å². The van der Waals surface area contributed by atoms with Crippen LogP contribution in [-0.4, -0.2) is 24.4 Å². The minimum absolute atomic E-state index is 0.0575. The molecule has 1 fully saturated rings. The summed E-state index contributed by atoms with van der Waals surface area (Å²) in [6.07, 6.45) is -8.98. The summed E-state index contributed by atoms with van der Waals surface area (Å²) in [6, 6.07) is 5.30. The van der Waals surface area contributed by atoms with E-state index in [9.17, 15) is 39.6 Å². The van der Waals surface area contributed by atoms with Crippen LogP contribution in [0.1, 0.15) is 29.7 Å². The smallest absolute Gasteiger partial charge is 0.299 e. The quantitative estimate of drug-likeness (QED) is 0.629. The molecule has 2 aromatic rings. The lowest BCUT2D eigenvalue weighted by atomic mass is 9.80. The van der Waals surface area contributed by atoms with E-state index in [2.05, 4.69) is 4.98 Å². The van der Waals surface area contributed by atoms with Crippen molar-refractivity contribution in [1.29, 1.82) is 0 Å². The van der Waals surface area contributed by atoms with Crippen molar-refractivity contribution in [3.8, 4) is 0 Å². The van der Waals surface area contributed by atoms with E-state index in [4.69, 9.17) is 0 Å². The molecule has 0 bridgehead atoms. The Hall–Kier alpha value is -2.43. The molecule has 1 aromatic carbocycles. The zero-order chi connectivity index (χ0) is 22.3. The third-order valence-electron chi connectivity index (χ3n) is 4.99. The first-order valence-corrected chi connectivity index (χ1v) is 10.3. The van der Waals surface area contributed by atoms with Gasteiger partial charge >= 0.3 is 12.4 Å². The zero-order valence-electron chi connectivity index (χ0n) is 15.2. The summed E-state index contributed by atoms with van der Waals surface area (Å²) < 4.78 is 101. The molecule has 0 N–H and O–H groups in total. The van der Waals surface area contributed by atoms with Crippen molar-refractivity contribution in [2.24, 2.45) is 5.92 Å². The maximum absolute atomic E-state index is 12.8. The summed E-state index contributed by atoms with van der Waals surface area (Å²) in [6.45, 7) is 0. The van der Waals surface area contributed by atoms with E-state index in [0.717, 1.165) is 30.3 Å². The Labute approximate surface area is 167 Å². The molecule has 0 saturated heterocycles. The molecule has 1 aliphatic rings. The van der Waals surface area contributed by atoms with Crippen LogP contribution in [0, 0.1) is 5.92 Å². The predicted molar refractivity (Wildman–Crippen MR) is 93.1 cm³/mol. The molecule has 0 spiro atoms. The lowest BCUT2D eigenvalue weighted by Gasteiger charge is -2.33. The van der Waals surface area contributed by atoms with Crippen LogP contribution in [0.2, 0.25) is 0 Å². The van der Waals surface area contributed by atoms with E-state index in [1.807, 2.05) is 0 Å². The van der Waals surface area contributed by atoms with Crippen LogP contribution >= 0.6 is 0 Å². The molecule has 11 heteroatoms. The number of alkyl halides is 6. The molecule has 1 aromatic heterocycles. The van der Waals surface area contributed by atoms with Crippen LogP contribution in [0.4, 0.5) is 26.3 Å². The van der Waals surface area contributed by atoms with E-state index in [0.29, 0.717) is 12.3 Å². The van der Waals surface area contributed by atoms with Gasteiger partial charge in [-0.05, 0) is 43.2 Å². The maximum Gasteiger partial charge on any atom is 0.417 e. The van der Waals surface area contributed by atoms with E-state index in [1.165, 1.54) is 0 Å². The summed E-state index contributed by atoms with van der Waals surface area (Å²) in [5, 5.41) is -0.990. The molecule has 1 saturated carbocycles. The predicted octanol–water partition coefficient (Wildman–Crippen LogP) is 4.48. The van der Waals surface area contributed by atoms with Gasteiger partial charge in [0.1, 0.15) is 5.78 Å². The van der Waals surface area contributed by atoms with Gasteiger partial charge in [0.25, 0.3) is 0 Å². The highest BCUT2D eigenvalue weighted by Gasteiger charge is 2.43. The third kappa shape index (κ3) is 4.66. The van der Waals surface area contributed by atoms with Crippen molar-refractivity contribution in [2.75, 3.05) is 0 Å². The van der Waals surface area contributed by atoms with Crippen LogP contribution < -0.4 is 0 Å². The number of rotatable bonds is 5. The van der Waals surface area contributed by atoms with Gasteiger partial charge in [-0.25, -0.2) is 8.42 Å². The third-order valence-corrected chi connectivity index (χ3v) is 7.16. The number of hydrogen-bond donors (Lipinski definition) is 0. The van der Waals surface area contributed by atoms with Crippen LogP contribution in [0.15, 0.2) is 47.5 Å². The van der Waals surface area contributed by atoms with Gasteiger partial charge in [0, 0.05) is 24.2 Å². The van der Waals surface area contributed by atoms with Gasteiger partial charge < -0.3 is 0 Å². The van der Waals surface area contributed by atoms with E-state index in [1.54, 1.807) is 0 Å². The Morgan fingerprint density at radius 1 is 0.967 bits per heavy atom. The SMILES string of the molecule is O=C(Cc1ccc(C(F)(F)F)cn1)C1CC(S(=O)(=O)c2cccc(C(F)(F)F)c2)C1. The monoisotopic (exact) mass is 451 g/mol. The Kier molecular flexibility index (Phi) is 5.70. The van der Waals surface area contributed by atoms with E-state index >= 15 is 0 Å². The number of carbonyl (C=O) groups is 1. The molecule has 3 rings (SSSR count). The van der Waals surface area contributed by atoms with Gasteiger partial charge in [-0.15, -0.1) is 0 Å². The molecule has 1 heterocycles. The van der Waals surface area contributed by atoms with Gasteiger partial charge in [-0.3, -0.25) is 9.78 Å². The first-order chi connectivity index (χ1) is 13.8. The minimum atomic E-state index is -4.68. The normalized spacial score (nSPS) is 19.9. The number of sulfone groups is 1. The lowest BCUT2D eigenvalue weighted by molar-refractivity contribution is -0.138. The number of nitrogens with zero attached hydrogens (tertiary/aromatic N) is 1. The number of halogens is 6. The van der Waals surface area contributed by atoms with Crippen LogP contribution in [0.25, 0.3) is 0 Å². The molecule has 0 aliphatic heterocycles. The highest BCUT2D eigenvalue weighted by molar-refractivity contribution is 7.92. The average molecular weight is 451 g/mol. The molecular formula is C19H15F6NO3S. The number of hydrogen-bond acceptors (Lipinski definition) is 4. The van der Waals surface area contributed by atoms with Crippen LogP contribution in [0.3, 0.4) is 0 Å². The molecule has 30 heavy (non-hydrogen) atoms. The maximum atomic E-state index is 12.8. The molecule has 0 amide bonds. The number of pyridine rings is 1. The summed E-state index contributed by atoms with van der Waals surface area (Å²) >= 11 is 0. The second kappa shape index (κ2) is 7.68. The first-order valence-electron chi connectivity index (χ1n) is 8.74. The van der Waals surface area contributed by atoms with E-state index in [-0.39, 0.29) is 30.7 Å². The molecular weight excluding hydrogens is 436 g/mol. The fraction of sp³-hybridized carbons (Fsp3) is 0.368. The summed E-state index contributed by atoms with van der Waals surface area (Å²) in [7, 11) is -4.04. The Morgan fingerprint density at radius 2 is 1.60 bits per heavy atom. The van der Waals surface area contributed by atoms with Crippen molar-refractivity contribution in [3.63, 3.8) is 0 Å². The number of Topliss-reactive ketones (excluding diaryl/α,β-unsaturated/α-hetero) is 1. The fourth-order valence-electron chi connectivity index (χ4n) is 3.14. The largest absolute Gasteiger partial charge is 0.417 e. The number of carbonyl (C=O) groups excluding carboxylic acids is 1. The van der Waals surface area contributed by atoms with Gasteiger partial charge in [-0.1, -0.05) is 6.07 Å². The van der Waals surface area contributed by atoms with Crippen LogP contribution in [-0.2, 0) is 33.4 Å². The van der Waals surface area contributed by atoms with Gasteiger partial charge in [-0.2, -0.15) is 26.3 Å². The van der Waals surface area contributed by atoms with Crippen LogP contribution in [0.5, 0.6) is 0 Å². The van der Waals surface area contributed by atoms with Gasteiger partial charge in [0.15, 0.2) is 9.84 Å². The first kappa shape index (κ1) is 22.3. The minimum Gasteiger partial charge on any atom is -0.299 e. The topological polar surface area (TPSA) is 64.1 Å². The number of ketones is 1. The summed E-state index contributed by atoms with van der Waals surface area (Å²) in [5.74, 6) is -1.02. The molecule has 1 aliphatic carbocycles. The van der Waals surface area contributed by atoms with Crippen molar-refractivity contribution < 1.29 is 39.6 Å². The van der Waals surface area contributed by atoms with Gasteiger partial charge in [0.05, 0.1) is 21.3 Å². The molecule has 4 nitrogen and oxygen atoms in total. The molecule has 0 unspecified atom stereocenters. The van der Waals surface area contributed by atoms with Crippen molar-refractivity contribution >= 4 is 15.6 Å². The second-order valence-electron chi connectivity index (χ2n) is 7.04. The molecule has 0 radical (unpaired) electrons. The average Bonchev–Trinajstić information content (AvgIpc) is 2.59. The summed E-state index contributed by atoms with van der Waals surface area (Å²) in [4.78, 5) is 15.4. The summed E-state index contributed by atoms with van der Waals surface area (Å²) in [5.41, 5.74) is -1.91. The lowest BCUT2D eigenvalue weighted by Crippen LogP contribution is -2.40. The fourth-order valence-corrected chi connectivity index (χ4v) is 5.06. The Bertz CT molecular complexity index is 1040. The molecule has 0 atom stereocenters. The highest BCUT2D eigenvalue weighted by atomic mass is 32.2. The number of aromatic nitrogens is 1. The molecule has 162 valence electrons. The Morgan fingerprint density at radius 3 is 2.13 bits per heavy atom. The Balaban J connectivity index is 1.63. The van der Waals surface area contributed by atoms with Crippen molar-refractivity contribution in [1.82, 2.24) is 4.98 Å². The zero-order valence-corrected chi connectivity index (χ0v) is 16.0. The van der Waals surface area contributed by atoms with Gasteiger partial charge in [0.2, 0.25) is 0 Å². The standard InChI is InChI=1S/C19H15F6NO3S/c20-18(21,22)12-2-1-3-15(8-12)30(28,29)16-6-11(7-16)17(27)9-14-5-4-13(10-26-14)19(23,24)25/h1-5,8,10-11,16H,6-7,9H2.